The molecule has 22 heavy (non-hydrogen) atoms. The van der Waals surface area contributed by atoms with Gasteiger partial charge in [0, 0.05) is 6.04 Å². The number of likely N-dealkylation sites (N-methyl/N-ethyl adjacent to an activating group) is 1. The van der Waals surface area contributed by atoms with Crippen molar-refractivity contribution in [3.05, 3.63) is 0 Å². The fraction of sp³-hybridized carbons (Fsp3) is 1.00. The second-order valence-electron chi connectivity index (χ2n) is 8.56. The number of rotatable bonds is 8. The summed E-state index contributed by atoms with van der Waals surface area (Å²) in [4.78, 5) is 0. The van der Waals surface area contributed by atoms with Gasteiger partial charge in [0.2, 0.25) is 0 Å². The first-order valence-corrected chi connectivity index (χ1v) is 12.1. The Balaban J connectivity index is 2.90. The molecule has 0 aromatic rings. The zero-order valence-electron chi connectivity index (χ0n) is 16.2. The Hall–Kier alpha value is 0.137. The highest BCUT2D eigenvalue weighted by molar-refractivity contribution is 6.83. The lowest BCUT2D eigenvalue weighted by molar-refractivity contribution is 0.1000. The van der Waals surface area contributed by atoms with Crippen molar-refractivity contribution in [1.82, 2.24) is 5.32 Å². The fourth-order valence-corrected chi connectivity index (χ4v) is 11.8. The minimum absolute atomic E-state index is 0.174. The molecule has 0 radical (unpaired) electrons. The Bertz CT molecular complexity index is 289. The van der Waals surface area contributed by atoms with Gasteiger partial charge in [-0.25, -0.2) is 0 Å². The van der Waals surface area contributed by atoms with Crippen molar-refractivity contribution >= 4 is 8.07 Å². The molecule has 132 valence electrons. The van der Waals surface area contributed by atoms with Gasteiger partial charge in [0.05, 0.1) is 14.2 Å². The third-order valence-corrected chi connectivity index (χ3v) is 14.3. The van der Waals surface area contributed by atoms with E-state index < -0.39 is 8.07 Å². The van der Waals surface area contributed by atoms with Crippen molar-refractivity contribution in [2.75, 3.05) is 7.05 Å². The molecule has 3 heteroatoms. The highest BCUT2D eigenvalue weighted by Crippen LogP contribution is 2.46. The molecule has 0 bridgehead atoms. The van der Waals surface area contributed by atoms with Crippen LogP contribution in [0, 0.1) is 5.92 Å². The van der Waals surface area contributed by atoms with Crippen LogP contribution in [0.1, 0.15) is 73.6 Å². The third-order valence-electron chi connectivity index (χ3n) is 6.69. The van der Waals surface area contributed by atoms with E-state index in [9.17, 15) is 5.11 Å². The molecule has 1 rings (SSSR count). The highest BCUT2D eigenvalue weighted by Gasteiger charge is 2.45. The predicted octanol–water partition coefficient (Wildman–Crippen LogP) is 5.19. The van der Waals surface area contributed by atoms with E-state index >= 15 is 0 Å². The van der Waals surface area contributed by atoms with Crippen molar-refractivity contribution < 1.29 is 5.11 Å². The smallest absolute Gasteiger partial charge is 0.0672 e. The van der Waals surface area contributed by atoms with Crippen LogP contribution in [0.3, 0.4) is 0 Å². The first-order valence-electron chi connectivity index (χ1n) is 9.62. The van der Waals surface area contributed by atoms with Gasteiger partial charge >= 0.3 is 0 Å². The van der Waals surface area contributed by atoms with Gasteiger partial charge in [-0.05, 0) is 31.9 Å². The summed E-state index contributed by atoms with van der Waals surface area (Å²) in [5.74, 6) is 0.673. The summed E-state index contributed by atoms with van der Waals surface area (Å²) in [6.07, 6.45) is 6.48. The van der Waals surface area contributed by atoms with Crippen LogP contribution in [0.2, 0.25) is 22.7 Å². The average Bonchev–Trinajstić information content (AvgIpc) is 2.45. The Morgan fingerprint density at radius 2 is 1.36 bits per heavy atom. The molecule has 0 amide bonds. The molecule has 2 N–H and O–H groups in total. The van der Waals surface area contributed by atoms with Crippen LogP contribution in [-0.4, -0.2) is 32.4 Å². The molecule has 1 aliphatic carbocycles. The van der Waals surface area contributed by atoms with Crippen LogP contribution < -0.4 is 5.32 Å². The summed E-state index contributed by atoms with van der Waals surface area (Å²) in [6.45, 7) is 14.4. The van der Waals surface area contributed by atoms with E-state index in [4.69, 9.17) is 0 Å². The molecular formula is C19H41NOSi. The van der Waals surface area contributed by atoms with E-state index in [0.717, 1.165) is 22.7 Å². The van der Waals surface area contributed by atoms with Crippen LogP contribution in [0.4, 0.5) is 0 Å². The standard InChI is InChI=1S/C19H41NOSi/c1-14(2)22(15(3)4,16(5)6)13-18(21)19(20-7)17-11-9-8-10-12-17/h14-21H,8-13H2,1-7H3/t18-,19+/m1/s1. The quantitative estimate of drug-likeness (QED) is 0.601. The summed E-state index contributed by atoms with van der Waals surface area (Å²) in [6, 6.07) is 1.35. The van der Waals surface area contributed by atoms with Crippen molar-refractivity contribution in [3.8, 4) is 0 Å². The molecule has 0 spiro atoms. The van der Waals surface area contributed by atoms with E-state index in [1.165, 1.54) is 32.1 Å². The van der Waals surface area contributed by atoms with E-state index in [1.807, 2.05) is 7.05 Å². The van der Waals surface area contributed by atoms with E-state index in [2.05, 4.69) is 46.9 Å². The summed E-state index contributed by atoms with van der Waals surface area (Å²) >= 11 is 0. The van der Waals surface area contributed by atoms with Crippen molar-refractivity contribution in [3.63, 3.8) is 0 Å². The topological polar surface area (TPSA) is 32.3 Å². The zero-order chi connectivity index (χ0) is 16.9. The van der Waals surface area contributed by atoms with Crippen LogP contribution in [0.15, 0.2) is 0 Å². The van der Waals surface area contributed by atoms with Gasteiger partial charge in [0.25, 0.3) is 0 Å². The summed E-state index contributed by atoms with van der Waals surface area (Å²) < 4.78 is 0. The predicted molar refractivity (Wildman–Crippen MR) is 101 cm³/mol. The molecule has 1 fully saturated rings. The second-order valence-corrected chi connectivity index (χ2v) is 14.7. The molecule has 0 aromatic carbocycles. The molecule has 0 aromatic heterocycles. The van der Waals surface area contributed by atoms with Gasteiger partial charge in [-0.1, -0.05) is 77.4 Å². The number of hydrogen-bond acceptors (Lipinski definition) is 2. The van der Waals surface area contributed by atoms with Crippen LogP contribution in [-0.2, 0) is 0 Å². The molecular weight excluding hydrogens is 286 g/mol. The van der Waals surface area contributed by atoms with Crippen LogP contribution >= 0.6 is 0 Å². The zero-order valence-corrected chi connectivity index (χ0v) is 17.2. The molecule has 2 nitrogen and oxygen atoms in total. The monoisotopic (exact) mass is 327 g/mol. The van der Waals surface area contributed by atoms with Gasteiger partial charge in [0.15, 0.2) is 0 Å². The van der Waals surface area contributed by atoms with Gasteiger partial charge in [-0.15, -0.1) is 0 Å². The minimum Gasteiger partial charge on any atom is -0.392 e. The highest BCUT2D eigenvalue weighted by atomic mass is 28.3. The van der Waals surface area contributed by atoms with E-state index in [-0.39, 0.29) is 6.10 Å². The Kier molecular flexibility index (Phi) is 8.11. The number of aliphatic hydroxyl groups is 1. The Labute approximate surface area is 140 Å². The average molecular weight is 328 g/mol. The molecule has 0 heterocycles. The molecule has 0 saturated heterocycles. The van der Waals surface area contributed by atoms with Crippen molar-refractivity contribution in [2.24, 2.45) is 5.92 Å². The molecule has 2 atom stereocenters. The first-order chi connectivity index (χ1) is 10.3. The SMILES string of the molecule is CN[C@@H](C1CCCCC1)[C@H](O)C[Si](C(C)C)(C(C)C)C(C)C. The lowest BCUT2D eigenvalue weighted by atomic mass is 9.82. The summed E-state index contributed by atoms with van der Waals surface area (Å²) in [5, 5.41) is 14.6. The first kappa shape index (κ1) is 20.2. The number of hydrogen-bond donors (Lipinski definition) is 2. The van der Waals surface area contributed by atoms with Crippen molar-refractivity contribution in [2.45, 2.75) is 108 Å². The van der Waals surface area contributed by atoms with Crippen LogP contribution in [0.25, 0.3) is 0 Å². The largest absolute Gasteiger partial charge is 0.392 e. The maximum Gasteiger partial charge on any atom is 0.0672 e. The second kappa shape index (κ2) is 8.84. The minimum atomic E-state index is -1.52. The Morgan fingerprint density at radius 3 is 1.73 bits per heavy atom. The van der Waals surface area contributed by atoms with Gasteiger partial charge in [0.1, 0.15) is 0 Å². The van der Waals surface area contributed by atoms with E-state index in [0.29, 0.717) is 12.0 Å². The van der Waals surface area contributed by atoms with E-state index in [1.54, 1.807) is 0 Å². The number of nitrogens with one attached hydrogen (secondary N) is 1. The molecule has 0 aliphatic heterocycles. The lowest BCUT2D eigenvalue weighted by Gasteiger charge is -2.46. The maximum atomic E-state index is 11.1. The maximum absolute atomic E-state index is 11.1. The normalized spacial score (nSPS) is 20.9. The third kappa shape index (κ3) is 4.36. The molecule has 0 unspecified atom stereocenters. The Morgan fingerprint density at radius 1 is 0.909 bits per heavy atom. The van der Waals surface area contributed by atoms with Gasteiger partial charge < -0.3 is 10.4 Å². The molecule has 1 aliphatic rings. The summed E-state index contributed by atoms with van der Waals surface area (Å²) in [7, 11) is 0.524. The lowest BCUT2D eigenvalue weighted by Crippen LogP contribution is -2.53. The van der Waals surface area contributed by atoms with Gasteiger partial charge in [-0.3, -0.25) is 0 Å². The fourth-order valence-electron chi connectivity index (χ4n) is 5.43. The summed E-state index contributed by atoms with van der Waals surface area (Å²) in [5.41, 5.74) is 2.18. The van der Waals surface area contributed by atoms with Crippen LogP contribution in [0.5, 0.6) is 0 Å². The molecule has 1 saturated carbocycles. The van der Waals surface area contributed by atoms with Crippen molar-refractivity contribution in [1.29, 1.82) is 0 Å². The number of aliphatic hydroxyl groups excluding tert-OH is 1. The van der Waals surface area contributed by atoms with Gasteiger partial charge in [-0.2, -0.15) is 0 Å².